The maximum Gasteiger partial charge on any atom is 0.0652 e. The third-order valence-corrected chi connectivity index (χ3v) is 6.17. The zero-order valence-corrected chi connectivity index (χ0v) is 12.4. The van der Waals surface area contributed by atoms with Gasteiger partial charge in [-0.05, 0) is 80.2 Å². The average Bonchev–Trinajstić information content (AvgIpc) is 2.40. The fraction of sp³-hybridized carbons (Fsp3) is 0.722. The van der Waals surface area contributed by atoms with E-state index in [4.69, 9.17) is 0 Å². The van der Waals surface area contributed by atoms with Crippen molar-refractivity contribution in [2.75, 3.05) is 0 Å². The molecule has 0 aliphatic heterocycles. The summed E-state index contributed by atoms with van der Waals surface area (Å²) in [6.45, 7) is 2.06. The van der Waals surface area contributed by atoms with E-state index in [-0.39, 0.29) is 11.5 Å². The van der Waals surface area contributed by atoms with Gasteiger partial charge in [-0.15, -0.1) is 0 Å². The highest BCUT2D eigenvalue weighted by molar-refractivity contribution is 5.14. The van der Waals surface area contributed by atoms with Crippen molar-refractivity contribution >= 4 is 0 Å². The second kappa shape index (κ2) is 4.56. The van der Waals surface area contributed by atoms with E-state index in [2.05, 4.69) is 24.0 Å². The van der Waals surface area contributed by atoms with Gasteiger partial charge in [-0.3, -0.25) is 4.98 Å². The largest absolute Gasteiger partial charge is 0.392 e. The van der Waals surface area contributed by atoms with Crippen LogP contribution in [0.3, 0.4) is 0 Å². The number of pyridine rings is 1. The molecule has 20 heavy (non-hydrogen) atoms. The van der Waals surface area contributed by atoms with Crippen LogP contribution in [-0.4, -0.2) is 16.2 Å². The lowest BCUT2D eigenvalue weighted by molar-refractivity contribution is -0.119. The van der Waals surface area contributed by atoms with E-state index < -0.39 is 0 Å². The number of aliphatic hydroxyl groups is 1. The molecule has 4 fully saturated rings. The lowest BCUT2D eigenvalue weighted by Gasteiger charge is -2.58. The molecule has 5 rings (SSSR count). The lowest BCUT2D eigenvalue weighted by Crippen LogP contribution is -2.52. The van der Waals surface area contributed by atoms with Gasteiger partial charge in [-0.25, -0.2) is 0 Å². The van der Waals surface area contributed by atoms with E-state index >= 15 is 0 Å². The Bertz CT molecular complexity index is 457. The molecule has 1 N–H and O–H groups in total. The fourth-order valence-electron chi connectivity index (χ4n) is 5.62. The van der Waals surface area contributed by atoms with Crippen LogP contribution < -0.4 is 0 Å². The molecule has 0 amide bonds. The molecule has 2 heteroatoms. The van der Waals surface area contributed by atoms with Crippen LogP contribution in [0.25, 0.3) is 0 Å². The van der Waals surface area contributed by atoms with Crippen LogP contribution in [0.4, 0.5) is 0 Å². The van der Waals surface area contributed by atoms with E-state index in [1.165, 1.54) is 44.1 Å². The minimum Gasteiger partial charge on any atom is -0.392 e. The summed E-state index contributed by atoms with van der Waals surface area (Å²) in [7, 11) is 0. The molecule has 108 valence electrons. The van der Waals surface area contributed by atoms with E-state index in [0.29, 0.717) is 0 Å². The normalized spacial score (nSPS) is 40.0. The summed E-state index contributed by atoms with van der Waals surface area (Å²) in [6, 6.07) is 4.19. The van der Waals surface area contributed by atoms with Crippen LogP contribution in [0.1, 0.15) is 49.8 Å². The summed E-state index contributed by atoms with van der Waals surface area (Å²) < 4.78 is 0. The molecule has 0 aromatic carbocycles. The first-order valence-corrected chi connectivity index (χ1v) is 8.22. The second-order valence-corrected chi connectivity index (χ2v) is 7.83. The molecule has 2 nitrogen and oxygen atoms in total. The maximum absolute atomic E-state index is 10.9. The molecule has 1 aromatic rings. The molecule has 1 unspecified atom stereocenters. The Hall–Kier alpha value is -0.890. The highest BCUT2D eigenvalue weighted by Crippen LogP contribution is 2.61. The summed E-state index contributed by atoms with van der Waals surface area (Å²) in [5.41, 5.74) is 2.47. The SMILES string of the molecule is Cc1ccc(CC(O)C23CC4CC(CC(C4)C2)C3)nc1. The van der Waals surface area contributed by atoms with Crippen molar-refractivity contribution in [1.29, 1.82) is 0 Å². The first kappa shape index (κ1) is 12.8. The average molecular weight is 271 g/mol. The minimum absolute atomic E-state index is 0.189. The van der Waals surface area contributed by atoms with Gasteiger partial charge in [-0.1, -0.05) is 6.07 Å². The molecule has 0 spiro atoms. The summed E-state index contributed by atoms with van der Waals surface area (Å²) in [6.07, 6.45) is 10.6. The van der Waals surface area contributed by atoms with Gasteiger partial charge in [0.05, 0.1) is 6.10 Å². The molecule has 1 atom stereocenters. The Morgan fingerprint density at radius 1 is 1.15 bits per heavy atom. The molecule has 1 heterocycles. The lowest BCUT2D eigenvalue weighted by atomic mass is 9.48. The molecule has 4 saturated carbocycles. The molecule has 4 aliphatic carbocycles. The van der Waals surface area contributed by atoms with Crippen LogP contribution in [0.15, 0.2) is 18.3 Å². The second-order valence-electron chi connectivity index (χ2n) is 7.83. The third kappa shape index (κ3) is 2.09. The predicted molar refractivity (Wildman–Crippen MR) is 79.3 cm³/mol. The Kier molecular flexibility index (Phi) is 2.92. The molecular formula is C18H25NO. The minimum atomic E-state index is -0.189. The fourth-order valence-corrected chi connectivity index (χ4v) is 5.62. The number of nitrogens with zero attached hydrogens (tertiary/aromatic N) is 1. The van der Waals surface area contributed by atoms with Crippen LogP contribution in [0.2, 0.25) is 0 Å². The van der Waals surface area contributed by atoms with E-state index in [0.717, 1.165) is 29.9 Å². The smallest absolute Gasteiger partial charge is 0.0652 e. The van der Waals surface area contributed by atoms with Gasteiger partial charge < -0.3 is 5.11 Å². The molecule has 1 aromatic heterocycles. The summed E-state index contributed by atoms with van der Waals surface area (Å²) in [5.74, 6) is 2.71. The van der Waals surface area contributed by atoms with E-state index in [9.17, 15) is 5.11 Å². The molecule has 0 saturated heterocycles. The number of aliphatic hydroxyl groups excluding tert-OH is 1. The molecule has 4 aliphatic rings. The molecular weight excluding hydrogens is 246 g/mol. The first-order valence-electron chi connectivity index (χ1n) is 8.22. The van der Waals surface area contributed by atoms with Crippen LogP contribution in [0.5, 0.6) is 0 Å². The monoisotopic (exact) mass is 271 g/mol. The number of hydrogen-bond donors (Lipinski definition) is 1. The van der Waals surface area contributed by atoms with Gasteiger partial charge in [0, 0.05) is 18.3 Å². The van der Waals surface area contributed by atoms with Crippen LogP contribution in [-0.2, 0) is 6.42 Å². The highest BCUT2D eigenvalue weighted by Gasteiger charge is 2.53. The number of hydrogen-bond acceptors (Lipinski definition) is 2. The quantitative estimate of drug-likeness (QED) is 0.912. The van der Waals surface area contributed by atoms with Crippen molar-refractivity contribution in [3.63, 3.8) is 0 Å². The first-order chi connectivity index (χ1) is 9.63. The standard InChI is InChI=1S/C18H25NO/c1-12-2-3-16(19-11-12)7-17(20)18-8-13-4-14(9-18)6-15(5-13)10-18/h2-3,11,13-15,17,20H,4-10H2,1H3. The van der Waals surface area contributed by atoms with Gasteiger partial charge in [0.25, 0.3) is 0 Å². The predicted octanol–water partition coefficient (Wildman–Crippen LogP) is 3.51. The van der Waals surface area contributed by atoms with Gasteiger partial charge in [0.15, 0.2) is 0 Å². The summed E-state index contributed by atoms with van der Waals surface area (Å²) in [4.78, 5) is 4.49. The van der Waals surface area contributed by atoms with Gasteiger partial charge >= 0.3 is 0 Å². The third-order valence-electron chi connectivity index (χ3n) is 6.17. The van der Waals surface area contributed by atoms with Crippen molar-refractivity contribution < 1.29 is 5.11 Å². The van der Waals surface area contributed by atoms with E-state index in [1.807, 2.05) is 6.20 Å². The number of aromatic nitrogens is 1. The number of rotatable bonds is 3. The van der Waals surface area contributed by atoms with Gasteiger partial charge in [0.1, 0.15) is 0 Å². The van der Waals surface area contributed by atoms with Gasteiger partial charge in [-0.2, -0.15) is 0 Å². The van der Waals surface area contributed by atoms with Crippen molar-refractivity contribution in [2.45, 2.75) is 58.0 Å². The molecule has 4 bridgehead atoms. The zero-order chi connectivity index (χ0) is 13.7. The van der Waals surface area contributed by atoms with Crippen LogP contribution in [0, 0.1) is 30.1 Å². The topological polar surface area (TPSA) is 33.1 Å². The number of aryl methyl sites for hydroxylation is 1. The van der Waals surface area contributed by atoms with Crippen molar-refractivity contribution in [2.24, 2.45) is 23.2 Å². The summed E-state index contributed by atoms with van der Waals surface area (Å²) >= 11 is 0. The summed E-state index contributed by atoms with van der Waals surface area (Å²) in [5, 5.41) is 10.9. The van der Waals surface area contributed by atoms with Crippen molar-refractivity contribution in [1.82, 2.24) is 4.98 Å². The van der Waals surface area contributed by atoms with E-state index in [1.54, 1.807) is 0 Å². The highest BCUT2D eigenvalue weighted by atomic mass is 16.3. The zero-order valence-electron chi connectivity index (χ0n) is 12.4. The maximum atomic E-state index is 10.9. The van der Waals surface area contributed by atoms with Gasteiger partial charge in [0.2, 0.25) is 0 Å². The Morgan fingerprint density at radius 3 is 2.25 bits per heavy atom. The molecule has 0 radical (unpaired) electrons. The Labute approximate surface area is 121 Å². The van der Waals surface area contributed by atoms with Crippen molar-refractivity contribution in [3.8, 4) is 0 Å². The Balaban J connectivity index is 1.53. The van der Waals surface area contributed by atoms with Crippen LogP contribution >= 0.6 is 0 Å². The van der Waals surface area contributed by atoms with Crippen molar-refractivity contribution in [3.05, 3.63) is 29.6 Å². The Morgan fingerprint density at radius 2 is 1.75 bits per heavy atom.